The maximum Gasteiger partial charge on any atom is 0.166 e. The molecular weight excluding hydrogens is 819 g/mol. The van der Waals surface area contributed by atoms with Gasteiger partial charge in [0.05, 0.1) is 27.8 Å². The van der Waals surface area contributed by atoms with Crippen molar-refractivity contribution >= 4 is 107 Å². The van der Waals surface area contributed by atoms with Gasteiger partial charge in [-0.1, -0.05) is 146 Å². The molecule has 0 N–H and O–H groups in total. The number of aromatic nitrogens is 5. The van der Waals surface area contributed by atoms with Crippen LogP contribution in [-0.2, 0) is 0 Å². The summed E-state index contributed by atoms with van der Waals surface area (Å²) in [6.07, 6.45) is 0. The minimum Gasteiger partial charge on any atom is -0.309 e. The van der Waals surface area contributed by atoms with Crippen molar-refractivity contribution in [1.82, 2.24) is 24.1 Å². The highest BCUT2D eigenvalue weighted by molar-refractivity contribution is 7.26. The first kappa shape index (κ1) is 35.6. The van der Waals surface area contributed by atoms with E-state index in [-0.39, 0.29) is 0 Å². The number of fused-ring (bicyclic) bond motifs is 14. The van der Waals surface area contributed by atoms with E-state index in [1.165, 1.54) is 72.9 Å². The molecule has 0 spiro atoms. The van der Waals surface area contributed by atoms with Crippen molar-refractivity contribution < 1.29 is 0 Å². The second-order valence-electron chi connectivity index (χ2n) is 16.3. The summed E-state index contributed by atoms with van der Waals surface area (Å²) in [6, 6.07) is 71.8. The molecule has 5 nitrogen and oxygen atoms in total. The average molecular weight is 852 g/mol. The first-order valence-electron chi connectivity index (χ1n) is 21.4. The van der Waals surface area contributed by atoms with Crippen LogP contribution in [0.2, 0.25) is 0 Å². The van der Waals surface area contributed by atoms with Gasteiger partial charge in [-0.3, -0.25) is 0 Å². The molecule has 0 saturated carbocycles. The summed E-state index contributed by atoms with van der Waals surface area (Å²) in [5.74, 6) is 1.85. The summed E-state index contributed by atoms with van der Waals surface area (Å²) in [5, 5.41) is 9.90. The molecule has 9 aromatic carbocycles. The third-order valence-corrected chi connectivity index (χ3v) is 15.0. The third kappa shape index (κ3) is 5.19. The molecule has 7 heteroatoms. The van der Waals surface area contributed by atoms with Gasteiger partial charge in [0, 0.05) is 84.3 Å². The van der Waals surface area contributed by atoms with Crippen LogP contribution in [0.15, 0.2) is 200 Å². The van der Waals surface area contributed by atoms with E-state index in [0.717, 1.165) is 39.1 Å². The van der Waals surface area contributed by atoms with Gasteiger partial charge >= 0.3 is 0 Å². The lowest BCUT2D eigenvalue weighted by atomic mass is 10.1. The summed E-state index contributed by atoms with van der Waals surface area (Å²) in [7, 11) is 0. The molecule has 0 bridgehead atoms. The molecule has 0 unspecified atom stereocenters. The second-order valence-corrected chi connectivity index (χ2v) is 18.5. The molecule has 0 saturated heterocycles. The largest absolute Gasteiger partial charge is 0.309 e. The van der Waals surface area contributed by atoms with Crippen molar-refractivity contribution in [3.05, 3.63) is 200 Å². The van der Waals surface area contributed by atoms with Crippen LogP contribution in [-0.4, -0.2) is 24.1 Å². The first-order valence-corrected chi connectivity index (χ1v) is 23.1. The first-order chi connectivity index (χ1) is 31.7. The van der Waals surface area contributed by atoms with Gasteiger partial charge in [-0.05, 0) is 54.6 Å². The smallest absolute Gasteiger partial charge is 0.166 e. The van der Waals surface area contributed by atoms with E-state index in [9.17, 15) is 0 Å². The van der Waals surface area contributed by atoms with Crippen molar-refractivity contribution in [2.75, 3.05) is 0 Å². The number of benzene rings is 9. The van der Waals surface area contributed by atoms with Gasteiger partial charge in [0.1, 0.15) is 0 Å². The highest BCUT2D eigenvalue weighted by Gasteiger charge is 2.24. The number of nitrogens with zero attached hydrogens (tertiary/aromatic N) is 5. The lowest BCUT2D eigenvalue weighted by Gasteiger charge is -2.18. The van der Waals surface area contributed by atoms with Crippen LogP contribution in [0.1, 0.15) is 0 Å². The molecule has 0 aliphatic carbocycles. The molecule has 0 amide bonds. The number of rotatable bonds is 5. The van der Waals surface area contributed by atoms with E-state index in [4.69, 9.17) is 15.0 Å². The van der Waals surface area contributed by atoms with Gasteiger partial charge in [-0.25, -0.2) is 15.0 Å². The van der Waals surface area contributed by atoms with Crippen molar-refractivity contribution in [3.8, 4) is 45.5 Å². The zero-order chi connectivity index (χ0) is 41.9. The van der Waals surface area contributed by atoms with Gasteiger partial charge in [0.2, 0.25) is 0 Å². The normalized spacial score (nSPS) is 12.1. The fraction of sp³-hybridized carbons (Fsp3) is 0. The molecule has 0 radical (unpaired) electrons. The molecule has 14 rings (SSSR count). The Morgan fingerprint density at radius 1 is 0.328 bits per heavy atom. The van der Waals surface area contributed by atoms with Crippen LogP contribution < -0.4 is 0 Å². The second kappa shape index (κ2) is 13.8. The highest BCUT2D eigenvalue weighted by atomic mass is 32.1. The Morgan fingerprint density at radius 3 is 1.34 bits per heavy atom. The summed E-state index contributed by atoms with van der Waals surface area (Å²) in [5.41, 5.74) is 9.43. The van der Waals surface area contributed by atoms with Crippen molar-refractivity contribution in [3.63, 3.8) is 0 Å². The fourth-order valence-electron chi connectivity index (χ4n) is 10.0. The Kier molecular flexibility index (Phi) is 7.66. The minimum atomic E-state index is 0.602. The van der Waals surface area contributed by atoms with Gasteiger partial charge < -0.3 is 9.13 Å². The maximum atomic E-state index is 5.42. The van der Waals surface area contributed by atoms with E-state index in [1.807, 2.05) is 59.1 Å². The van der Waals surface area contributed by atoms with Crippen LogP contribution in [0.4, 0.5) is 0 Å². The Hall–Kier alpha value is -7.97. The average Bonchev–Trinajstić information content (AvgIpc) is 4.12. The quantitative estimate of drug-likeness (QED) is 0.173. The summed E-state index contributed by atoms with van der Waals surface area (Å²) in [6.45, 7) is 0. The maximum absolute atomic E-state index is 5.42. The molecule has 298 valence electrons. The SMILES string of the molecule is c1ccc(-c2nc(-c3ccccc3)nc(-c3cc(-n4c5ccccc5c5ccc6sc7ccccc7c6c54)ccc3-n3c4ccccc4c4ccc5sc6ccccc6c5c43)n2)cc1. The fourth-order valence-corrected chi connectivity index (χ4v) is 12.2. The number of hydrogen-bond donors (Lipinski definition) is 0. The summed E-state index contributed by atoms with van der Waals surface area (Å²) in [4.78, 5) is 16.0. The number of thiophene rings is 2. The molecule has 14 aromatic rings. The van der Waals surface area contributed by atoms with Gasteiger partial charge in [-0.2, -0.15) is 0 Å². The standard InChI is InChI=1S/C57H33N5S2/c1-3-15-34(16-4-1)55-58-56(35-17-5-2-6-18-35)60-57(59-55)43-33-36(61-44-23-11-7-19-37(44)39-28-31-49-51(53(39)61)41-21-9-13-25-47(41)63-49)27-30-46(43)62-45-24-12-8-20-38(45)40-29-32-50-52(54(40)62)42-22-10-14-26-48(42)64-50/h1-33H. The predicted octanol–water partition coefficient (Wildman–Crippen LogP) is 15.8. The zero-order valence-corrected chi connectivity index (χ0v) is 35.7. The van der Waals surface area contributed by atoms with Gasteiger partial charge in [0.25, 0.3) is 0 Å². The van der Waals surface area contributed by atoms with Crippen LogP contribution in [0.3, 0.4) is 0 Å². The Labute approximate surface area is 374 Å². The molecule has 0 atom stereocenters. The number of hydrogen-bond acceptors (Lipinski definition) is 5. The minimum absolute atomic E-state index is 0.602. The highest BCUT2D eigenvalue weighted by Crippen LogP contribution is 2.47. The predicted molar refractivity (Wildman–Crippen MR) is 271 cm³/mol. The van der Waals surface area contributed by atoms with E-state index in [1.54, 1.807) is 0 Å². The Morgan fingerprint density at radius 2 is 0.781 bits per heavy atom. The van der Waals surface area contributed by atoms with E-state index in [2.05, 4.69) is 173 Å². The molecule has 0 fully saturated rings. The lowest BCUT2D eigenvalue weighted by molar-refractivity contribution is 1.06. The summed E-state index contributed by atoms with van der Waals surface area (Å²) < 4.78 is 10.0. The van der Waals surface area contributed by atoms with Crippen molar-refractivity contribution in [1.29, 1.82) is 0 Å². The van der Waals surface area contributed by atoms with Crippen LogP contribution in [0, 0.1) is 0 Å². The van der Waals surface area contributed by atoms with Crippen molar-refractivity contribution in [2.24, 2.45) is 0 Å². The van der Waals surface area contributed by atoms with Gasteiger partial charge in [-0.15, -0.1) is 22.7 Å². The summed E-state index contributed by atoms with van der Waals surface area (Å²) >= 11 is 3.70. The molecule has 0 aliphatic rings. The molecular formula is C57H33N5S2. The van der Waals surface area contributed by atoms with Crippen LogP contribution in [0.5, 0.6) is 0 Å². The Bertz CT molecular complexity index is 4140. The number of para-hydroxylation sites is 2. The van der Waals surface area contributed by atoms with E-state index < -0.39 is 0 Å². The molecule has 64 heavy (non-hydrogen) atoms. The van der Waals surface area contributed by atoms with Gasteiger partial charge in [0.15, 0.2) is 17.5 Å². The zero-order valence-electron chi connectivity index (χ0n) is 34.1. The molecule has 0 aliphatic heterocycles. The van der Waals surface area contributed by atoms with E-state index in [0.29, 0.717) is 17.5 Å². The van der Waals surface area contributed by atoms with E-state index >= 15 is 0 Å². The van der Waals surface area contributed by atoms with Crippen LogP contribution >= 0.6 is 22.7 Å². The lowest BCUT2D eigenvalue weighted by Crippen LogP contribution is -2.05. The third-order valence-electron chi connectivity index (χ3n) is 12.8. The topological polar surface area (TPSA) is 48.5 Å². The molecule has 5 aromatic heterocycles. The van der Waals surface area contributed by atoms with Crippen LogP contribution in [0.25, 0.3) is 129 Å². The molecule has 5 heterocycles. The monoisotopic (exact) mass is 851 g/mol. The van der Waals surface area contributed by atoms with Crippen molar-refractivity contribution in [2.45, 2.75) is 0 Å². The Balaban J connectivity index is 1.15.